The second-order valence-corrected chi connectivity index (χ2v) is 8.79. The van der Waals surface area contributed by atoms with Crippen molar-refractivity contribution in [2.24, 2.45) is 5.92 Å². The van der Waals surface area contributed by atoms with E-state index in [1.807, 2.05) is 44.2 Å². The van der Waals surface area contributed by atoms with Crippen LogP contribution in [-0.2, 0) is 20.9 Å². The van der Waals surface area contributed by atoms with E-state index in [0.717, 1.165) is 18.4 Å². The van der Waals surface area contributed by atoms with Crippen molar-refractivity contribution in [2.75, 3.05) is 13.7 Å². The molecule has 0 N–H and O–H groups in total. The zero-order valence-corrected chi connectivity index (χ0v) is 20.1. The smallest absolute Gasteiger partial charge is 0.410 e. The number of likely N-dealkylation sites (N-methyl/N-ethyl adjacent to an activating group) is 1. The van der Waals surface area contributed by atoms with Crippen LogP contribution in [0.3, 0.4) is 0 Å². The van der Waals surface area contributed by atoms with Gasteiger partial charge in [-0.25, -0.2) is 9.59 Å². The minimum atomic E-state index is -0.623. The molecule has 0 saturated carbocycles. The lowest BCUT2D eigenvalue weighted by atomic mass is 10.0. The summed E-state index contributed by atoms with van der Waals surface area (Å²) < 4.78 is 10.9. The molecule has 1 atom stereocenters. The van der Waals surface area contributed by atoms with E-state index < -0.39 is 12.1 Å². The van der Waals surface area contributed by atoms with Gasteiger partial charge in [0.15, 0.2) is 0 Å². The third-order valence-electron chi connectivity index (χ3n) is 5.42. The number of nitrogens with zero attached hydrogens (tertiary/aromatic N) is 1. The van der Waals surface area contributed by atoms with Crippen molar-refractivity contribution in [2.45, 2.75) is 97.6 Å². The van der Waals surface area contributed by atoms with Crippen molar-refractivity contribution < 1.29 is 19.1 Å². The van der Waals surface area contributed by atoms with Gasteiger partial charge in [0.1, 0.15) is 12.6 Å². The molecule has 0 bridgehead atoms. The highest BCUT2D eigenvalue weighted by atomic mass is 16.6. The molecule has 0 aliphatic carbocycles. The van der Waals surface area contributed by atoms with E-state index in [-0.39, 0.29) is 18.5 Å². The zero-order valence-electron chi connectivity index (χ0n) is 20.1. The number of amides is 1. The number of carbonyl (C=O) groups excluding carboxylic acids is 2. The van der Waals surface area contributed by atoms with Gasteiger partial charge in [-0.2, -0.15) is 0 Å². The van der Waals surface area contributed by atoms with Gasteiger partial charge in [0.25, 0.3) is 0 Å². The Labute approximate surface area is 189 Å². The number of rotatable bonds is 16. The molecule has 0 aromatic heterocycles. The Kier molecular flexibility index (Phi) is 14.5. The van der Waals surface area contributed by atoms with Crippen molar-refractivity contribution in [3.63, 3.8) is 0 Å². The van der Waals surface area contributed by atoms with E-state index in [4.69, 9.17) is 9.47 Å². The van der Waals surface area contributed by atoms with Gasteiger partial charge in [-0.3, -0.25) is 4.90 Å². The Balaban J connectivity index is 2.34. The van der Waals surface area contributed by atoms with E-state index in [9.17, 15) is 9.59 Å². The lowest BCUT2D eigenvalue weighted by molar-refractivity contribution is -0.149. The summed E-state index contributed by atoms with van der Waals surface area (Å²) in [5.74, 6) is -0.0814. The molecular weight excluding hydrogens is 390 g/mol. The maximum Gasteiger partial charge on any atom is 0.410 e. The van der Waals surface area contributed by atoms with Crippen LogP contribution in [-0.4, -0.2) is 36.7 Å². The molecule has 0 saturated heterocycles. The minimum absolute atomic E-state index is 0.186. The second-order valence-electron chi connectivity index (χ2n) is 8.79. The van der Waals surface area contributed by atoms with Gasteiger partial charge < -0.3 is 9.47 Å². The summed E-state index contributed by atoms with van der Waals surface area (Å²) >= 11 is 0. The second kappa shape index (κ2) is 16.6. The third-order valence-corrected chi connectivity index (χ3v) is 5.42. The quantitative estimate of drug-likeness (QED) is 0.214. The monoisotopic (exact) mass is 433 g/mol. The summed E-state index contributed by atoms with van der Waals surface area (Å²) in [7, 11) is 1.61. The summed E-state index contributed by atoms with van der Waals surface area (Å²) in [6.07, 6.45) is 11.0. The Hall–Kier alpha value is -2.04. The van der Waals surface area contributed by atoms with Crippen LogP contribution in [0.5, 0.6) is 0 Å². The largest absolute Gasteiger partial charge is 0.464 e. The van der Waals surface area contributed by atoms with Gasteiger partial charge in [0, 0.05) is 7.05 Å². The summed E-state index contributed by atoms with van der Waals surface area (Å²) in [5.41, 5.74) is 0.914. The molecule has 0 aliphatic rings. The van der Waals surface area contributed by atoms with E-state index in [0.29, 0.717) is 13.0 Å². The van der Waals surface area contributed by atoms with Crippen molar-refractivity contribution in [1.29, 1.82) is 0 Å². The topological polar surface area (TPSA) is 55.8 Å². The van der Waals surface area contributed by atoms with Crippen LogP contribution in [0.15, 0.2) is 30.3 Å². The van der Waals surface area contributed by atoms with Crippen LogP contribution in [0.1, 0.15) is 90.5 Å². The summed E-state index contributed by atoms with van der Waals surface area (Å²) in [4.78, 5) is 26.5. The lowest BCUT2D eigenvalue weighted by Gasteiger charge is -2.27. The predicted octanol–water partition coefficient (Wildman–Crippen LogP) is 6.74. The first-order chi connectivity index (χ1) is 15.0. The predicted molar refractivity (Wildman–Crippen MR) is 126 cm³/mol. The number of hydrogen-bond donors (Lipinski definition) is 0. The summed E-state index contributed by atoms with van der Waals surface area (Å²) in [5, 5.41) is 0. The van der Waals surface area contributed by atoms with E-state index in [1.165, 1.54) is 49.8 Å². The molecule has 1 aromatic carbocycles. The van der Waals surface area contributed by atoms with Gasteiger partial charge in [0.05, 0.1) is 6.61 Å². The molecule has 5 nitrogen and oxygen atoms in total. The fraction of sp³-hybridized carbons (Fsp3) is 0.692. The maximum atomic E-state index is 12.7. The lowest BCUT2D eigenvalue weighted by Crippen LogP contribution is -2.44. The average Bonchev–Trinajstić information content (AvgIpc) is 2.77. The highest BCUT2D eigenvalue weighted by Crippen LogP contribution is 2.15. The minimum Gasteiger partial charge on any atom is -0.464 e. The normalized spacial score (nSPS) is 11.9. The SMILES string of the molecule is CCCCCCCCCCCOC(=O)C(CC(C)C)N(C)C(=O)OCc1ccccc1. The Bertz CT molecular complexity index is 603. The summed E-state index contributed by atoms with van der Waals surface area (Å²) in [6.45, 7) is 6.90. The van der Waals surface area contributed by atoms with Crippen molar-refractivity contribution >= 4 is 12.1 Å². The molecule has 0 fully saturated rings. The van der Waals surface area contributed by atoms with Gasteiger partial charge in [0.2, 0.25) is 0 Å². The number of carbonyl (C=O) groups is 2. The van der Waals surface area contributed by atoms with Crippen LogP contribution in [0.25, 0.3) is 0 Å². The summed E-state index contributed by atoms with van der Waals surface area (Å²) in [6, 6.07) is 8.90. The highest BCUT2D eigenvalue weighted by Gasteiger charge is 2.30. The average molecular weight is 434 g/mol. The zero-order chi connectivity index (χ0) is 22.9. The van der Waals surface area contributed by atoms with Crippen molar-refractivity contribution in [1.82, 2.24) is 4.90 Å². The molecule has 1 aromatic rings. The molecule has 176 valence electrons. The number of ether oxygens (including phenoxy) is 2. The third kappa shape index (κ3) is 12.4. The molecule has 0 aliphatic heterocycles. The number of hydrogen-bond acceptors (Lipinski definition) is 4. The molecule has 31 heavy (non-hydrogen) atoms. The van der Waals surface area contributed by atoms with E-state index in [2.05, 4.69) is 6.92 Å². The van der Waals surface area contributed by atoms with Crippen LogP contribution < -0.4 is 0 Å². The van der Waals surface area contributed by atoms with Crippen molar-refractivity contribution in [3.05, 3.63) is 35.9 Å². The Morgan fingerprint density at radius 1 is 0.871 bits per heavy atom. The van der Waals surface area contributed by atoms with Crippen LogP contribution in [0.4, 0.5) is 4.79 Å². The molecule has 1 rings (SSSR count). The van der Waals surface area contributed by atoms with Gasteiger partial charge in [-0.05, 0) is 24.3 Å². The fourth-order valence-corrected chi connectivity index (χ4v) is 3.49. The Morgan fingerprint density at radius 2 is 1.45 bits per heavy atom. The van der Waals surface area contributed by atoms with Crippen LogP contribution >= 0.6 is 0 Å². The number of unbranched alkanes of at least 4 members (excludes halogenated alkanes) is 8. The first kappa shape index (κ1) is 27.0. The Morgan fingerprint density at radius 3 is 2.03 bits per heavy atom. The van der Waals surface area contributed by atoms with E-state index >= 15 is 0 Å². The van der Waals surface area contributed by atoms with Gasteiger partial charge >= 0.3 is 12.1 Å². The number of esters is 1. The standard InChI is InChI=1S/C26H43NO4/c1-5-6-7-8-9-10-11-12-16-19-30-25(28)24(20-22(2)3)27(4)26(29)31-21-23-17-14-13-15-18-23/h13-15,17-18,22,24H,5-12,16,19-21H2,1-4H3. The fourth-order valence-electron chi connectivity index (χ4n) is 3.49. The number of benzene rings is 1. The first-order valence-electron chi connectivity index (χ1n) is 12.1. The molecule has 0 heterocycles. The van der Waals surface area contributed by atoms with Gasteiger partial charge in [-0.1, -0.05) is 102 Å². The van der Waals surface area contributed by atoms with Gasteiger partial charge in [-0.15, -0.1) is 0 Å². The molecule has 1 amide bonds. The molecule has 0 spiro atoms. The van der Waals surface area contributed by atoms with E-state index in [1.54, 1.807) is 7.05 Å². The molecule has 0 radical (unpaired) electrons. The molecule has 1 unspecified atom stereocenters. The first-order valence-corrected chi connectivity index (χ1v) is 12.1. The molecule has 5 heteroatoms. The maximum absolute atomic E-state index is 12.7. The van der Waals surface area contributed by atoms with Crippen LogP contribution in [0, 0.1) is 5.92 Å². The van der Waals surface area contributed by atoms with Crippen LogP contribution in [0.2, 0.25) is 0 Å². The highest BCUT2D eigenvalue weighted by molar-refractivity contribution is 5.81. The van der Waals surface area contributed by atoms with Crippen molar-refractivity contribution in [3.8, 4) is 0 Å². The molecular formula is C26H43NO4.